The van der Waals surface area contributed by atoms with Crippen molar-refractivity contribution in [2.75, 3.05) is 0 Å². The minimum absolute atomic E-state index is 0.0335. The van der Waals surface area contributed by atoms with Crippen LogP contribution in [-0.4, -0.2) is 39.3 Å². The van der Waals surface area contributed by atoms with Crippen LogP contribution in [0.25, 0.3) is 0 Å². The lowest BCUT2D eigenvalue weighted by molar-refractivity contribution is -0.121. The predicted octanol–water partition coefficient (Wildman–Crippen LogP) is 0.902. The second kappa shape index (κ2) is 7.99. The van der Waals surface area contributed by atoms with Crippen LogP contribution in [0.1, 0.15) is 40.0 Å². The van der Waals surface area contributed by atoms with Gasteiger partial charge in [-0.3, -0.25) is 4.79 Å². The first-order chi connectivity index (χ1) is 9.38. The Morgan fingerprint density at radius 3 is 2.70 bits per heavy atom. The molecule has 6 nitrogen and oxygen atoms in total. The second-order valence-corrected chi connectivity index (χ2v) is 6.04. The van der Waals surface area contributed by atoms with Gasteiger partial charge in [0.25, 0.3) is 0 Å². The Hall–Kier alpha value is -0.600. The zero-order chi connectivity index (χ0) is 15.3. The maximum atomic E-state index is 11.3. The van der Waals surface area contributed by atoms with Crippen molar-refractivity contribution >= 4 is 17.4 Å². The quantitative estimate of drug-likeness (QED) is 0.632. The summed E-state index contributed by atoms with van der Waals surface area (Å²) < 4.78 is 26.4. The van der Waals surface area contributed by atoms with Gasteiger partial charge in [0.2, 0.25) is 5.91 Å². The van der Waals surface area contributed by atoms with Crippen molar-refractivity contribution in [3.8, 4) is 0 Å². The molecule has 1 rings (SSSR count). The molecule has 1 aliphatic carbocycles. The van der Waals surface area contributed by atoms with Crippen LogP contribution in [0.3, 0.4) is 0 Å². The molecule has 0 fully saturated rings. The molecule has 1 aliphatic rings. The van der Waals surface area contributed by atoms with Crippen LogP contribution < -0.4 is 11.1 Å². The Morgan fingerprint density at radius 1 is 1.65 bits per heavy atom. The summed E-state index contributed by atoms with van der Waals surface area (Å²) in [6.07, 6.45) is 3.13. The molecule has 0 saturated carbocycles. The molecule has 0 heterocycles. The predicted molar refractivity (Wildman–Crippen MR) is 78.3 cm³/mol. The van der Waals surface area contributed by atoms with E-state index in [9.17, 15) is 13.9 Å². The van der Waals surface area contributed by atoms with E-state index in [2.05, 4.69) is 5.32 Å². The maximum Gasteiger partial charge on any atom is 0.217 e. The lowest BCUT2D eigenvalue weighted by Gasteiger charge is -2.35. The van der Waals surface area contributed by atoms with E-state index < -0.39 is 23.6 Å². The van der Waals surface area contributed by atoms with E-state index in [1.807, 2.05) is 13.8 Å². The highest BCUT2D eigenvalue weighted by Gasteiger charge is 2.37. The van der Waals surface area contributed by atoms with Crippen LogP contribution >= 0.6 is 0 Å². The number of hydrogen-bond acceptors (Lipinski definition) is 5. The average Bonchev–Trinajstić information content (AvgIpc) is 2.38. The molecule has 1 amide bonds. The van der Waals surface area contributed by atoms with E-state index in [-0.39, 0.29) is 24.5 Å². The smallest absolute Gasteiger partial charge is 0.217 e. The monoisotopic (exact) mass is 304 g/mol. The van der Waals surface area contributed by atoms with Crippen LogP contribution in [0.2, 0.25) is 0 Å². The number of ether oxygens (including phenoxy) is 1. The van der Waals surface area contributed by atoms with Gasteiger partial charge >= 0.3 is 0 Å². The van der Waals surface area contributed by atoms with E-state index in [0.717, 1.165) is 12.8 Å². The maximum absolute atomic E-state index is 11.3. The van der Waals surface area contributed by atoms with Gasteiger partial charge in [-0.05, 0) is 12.8 Å². The van der Waals surface area contributed by atoms with Crippen LogP contribution in [0.5, 0.6) is 0 Å². The van der Waals surface area contributed by atoms with Gasteiger partial charge in [0.05, 0.1) is 12.1 Å². The van der Waals surface area contributed by atoms with E-state index in [4.69, 9.17) is 10.5 Å². The summed E-state index contributed by atoms with van der Waals surface area (Å²) in [6.45, 7) is 5.45. The zero-order valence-corrected chi connectivity index (χ0v) is 13.0. The fourth-order valence-corrected chi connectivity index (χ4v) is 2.92. The number of nitrogens with one attached hydrogen (secondary N) is 1. The molecule has 116 valence electrons. The molecule has 4 N–H and O–H groups in total. The molecule has 0 aliphatic heterocycles. The summed E-state index contributed by atoms with van der Waals surface area (Å²) in [4.78, 5) is 11.6. The molecule has 1 unspecified atom stereocenters. The molecule has 0 aromatic heterocycles. The molecule has 0 radical (unpaired) electrons. The number of rotatable bonds is 6. The minimum Gasteiger partial charge on any atom is -0.581 e. The third kappa shape index (κ3) is 4.75. The highest BCUT2D eigenvalue weighted by Crippen LogP contribution is 2.25. The van der Waals surface area contributed by atoms with E-state index in [1.165, 1.54) is 6.92 Å². The average molecular weight is 304 g/mol. The Labute approximate surface area is 123 Å². The zero-order valence-electron chi connectivity index (χ0n) is 12.2. The molecule has 4 atom stereocenters. The standard InChI is InChI=1S/C13H24N2O4S/c1-4-9(5-2)19-12-7-10(20(17)18)6-11(14)13(12)15-8(3)16/h7,9,11-13H,4-6,14H2,1-3H3,(H,15,16)(H,17,18)/t11-,12+,13+/m0/s1. The van der Waals surface area contributed by atoms with Crippen molar-refractivity contribution in [1.29, 1.82) is 0 Å². The summed E-state index contributed by atoms with van der Waals surface area (Å²) in [5.74, 6) is -0.189. The summed E-state index contributed by atoms with van der Waals surface area (Å²) in [6, 6.07) is -0.810. The Bertz CT molecular complexity index is 358. The number of carbonyl (C=O) groups is 1. The van der Waals surface area contributed by atoms with Crippen molar-refractivity contribution in [3.05, 3.63) is 11.0 Å². The Kier molecular flexibility index (Phi) is 6.97. The fourth-order valence-electron chi connectivity index (χ4n) is 2.34. The minimum atomic E-state index is -2.05. The molecule has 7 heteroatoms. The second-order valence-electron chi connectivity index (χ2n) is 5.02. The van der Waals surface area contributed by atoms with Gasteiger partial charge in [-0.25, -0.2) is 0 Å². The number of hydrogen-bond donors (Lipinski definition) is 3. The Balaban J connectivity index is 2.93. The number of amides is 1. The lowest BCUT2D eigenvalue weighted by atomic mass is 9.93. The SMILES string of the molecule is CCC(CC)O[C@@H]1C=C([S+]([O-])O)C[C@H](N)[C@H]1NC(C)=O. The topological polar surface area (TPSA) is 108 Å². The van der Waals surface area contributed by atoms with Gasteiger partial charge in [0.1, 0.15) is 17.6 Å². The first-order valence-corrected chi connectivity index (χ1v) is 7.99. The van der Waals surface area contributed by atoms with Crippen molar-refractivity contribution in [2.24, 2.45) is 5.73 Å². The van der Waals surface area contributed by atoms with E-state index in [1.54, 1.807) is 6.08 Å². The van der Waals surface area contributed by atoms with Gasteiger partial charge in [0, 0.05) is 25.5 Å². The van der Waals surface area contributed by atoms with E-state index >= 15 is 0 Å². The van der Waals surface area contributed by atoms with Crippen molar-refractivity contribution < 1.29 is 18.6 Å². The molecule has 0 aromatic rings. The van der Waals surface area contributed by atoms with Crippen LogP contribution in [0.15, 0.2) is 11.0 Å². The molecule has 0 aromatic carbocycles. The van der Waals surface area contributed by atoms with Crippen LogP contribution in [0.4, 0.5) is 0 Å². The number of nitrogens with two attached hydrogens (primary N) is 1. The first-order valence-electron chi connectivity index (χ1n) is 6.88. The Morgan fingerprint density at radius 2 is 2.25 bits per heavy atom. The summed E-state index contributed by atoms with van der Waals surface area (Å²) in [7, 11) is 0. The van der Waals surface area contributed by atoms with Gasteiger partial charge in [-0.1, -0.05) is 13.8 Å². The summed E-state index contributed by atoms with van der Waals surface area (Å²) in [5.41, 5.74) is 6.02. The highest BCUT2D eigenvalue weighted by atomic mass is 32.2. The molecular weight excluding hydrogens is 280 g/mol. The molecule has 20 heavy (non-hydrogen) atoms. The normalized spacial score (nSPS) is 28.1. The highest BCUT2D eigenvalue weighted by molar-refractivity contribution is 7.89. The van der Waals surface area contributed by atoms with Gasteiger partial charge in [0.15, 0.2) is 4.91 Å². The lowest BCUT2D eigenvalue weighted by Crippen LogP contribution is -2.57. The molecular formula is C13H24N2O4S. The third-order valence-electron chi connectivity index (χ3n) is 3.46. The number of carbonyl (C=O) groups excluding carboxylic acids is 1. The summed E-state index contributed by atoms with van der Waals surface area (Å²) >= 11 is -2.05. The van der Waals surface area contributed by atoms with E-state index in [0.29, 0.717) is 4.91 Å². The third-order valence-corrected chi connectivity index (χ3v) is 4.21. The van der Waals surface area contributed by atoms with Crippen molar-refractivity contribution in [1.82, 2.24) is 5.32 Å². The van der Waals surface area contributed by atoms with Crippen LogP contribution in [-0.2, 0) is 21.0 Å². The van der Waals surface area contributed by atoms with Crippen LogP contribution in [0, 0.1) is 0 Å². The van der Waals surface area contributed by atoms with Crippen molar-refractivity contribution in [3.63, 3.8) is 0 Å². The summed E-state index contributed by atoms with van der Waals surface area (Å²) in [5, 5.41) is 2.78. The van der Waals surface area contributed by atoms with Gasteiger partial charge < -0.3 is 20.3 Å². The van der Waals surface area contributed by atoms with Gasteiger partial charge in [-0.15, -0.1) is 0 Å². The first kappa shape index (κ1) is 17.5. The van der Waals surface area contributed by atoms with Crippen molar-refractivity contribution in [2.45, 2.75) is 64.3 Å². The van der Waals surface area contributed by atoms with Gasteiger partial charge in [-0.2, -0.15) is 4.55 Å². The molecule has 0 bridgehead atoms. The largest absolute Gasteiger partial charge is 0.581 e. The molecule has 0 saturated heterocycles. The fraction of sp³-hybridized carbons (Fsp3) is 0.769. The molecule has 0 spiro atoms.